The number of nitro benzene ring substituents is 1. The molecular weight excluding hydrogens is 338 g/mol. The number of piperazine rings is 1. The topological polar surface area (TPSA) is 96.2 Å². The van der Waals surface area contributed by atoms with Crippen LogP contribution in [-0.4, -0.2) is 71.2 Å². The minimum Gasteiger partial charge on any atom is -0.491 e. The molecule has 1 N–H and O–H groups in total. The summed E-state index contributed by atoms with van der Waals surface area (Å²) in [6.45, 7) is 8.94. The summed E-state index contributed by atoms with van der Waals surface area (Å²) in [6.07, 6.45) is -0.709. The molecule has 1 unspecified atom stereocenters. The fraction of sp³-hybridized carbons (Fsp3) is 0.611. The first kappa shape index (κ1) is 20.1. The molecule has 0 spiro atoms. The number of carbonyl (C=O) groups is 1. The molecule has 2 rings (SSSR count). The normalized spacial score (nSPS) is 17.0. The molecule has 1 aliphatic rings. The van der Waals surface area contributed by atoms with Gasteiger partial charge < -0.3 is 14.7 Å². The summed E-state index contributed by atoms with van der Waals surface area (Å²) in [5.41, 5.74) is -0.426. The third kappa shape index (κ3) is 5.67. The summed E-state index contributed by atoms with van der Waals surface area (Å²) in [5, 5.41) is 20.9. The van der Waals surface area contributed by atoms with Crippen molar-refractivity contribution < 1.29 is 19.6 Å². The minimum absolute atomic E-state index is 0.0448. The number of rotatable bonds is 6. The lowest BCUT2D eigenvalue weighted by Gasteiger charge is -2.38. The van der Waals surface area contributed by atoms with Gasteiger partial charge in [-0.2, -0.15) is 0 Å². The van der Waals surface area contributed by atoms with Crippen LogP contribution in [0.4, 0.5) is 5.69 Å². The molecule has 26 heavy (non-hydrogen) atoms. The average Bonchev–Trinajstić information content (AvgIpc) is 2.59. The number of hydrogen-bond acceptors (Lipinski definition) is 6. The largest absolute Gasteiger partial charge is 0.491 e. The number of nitro groups is 1. The van der Waals surface area contributed by atoms with E-state index in [9.17, 15) is 20.0 Å². The fourth-order valence-electron chi connectivity index (χ4n) is 2.84. The highest BCUT2D eigenvalue weighted by Crippen LogP contribution is 2.20. The van der Waals surface area contributed by atoms with Crippen LogP contribution in [0.15, 0.2) is 24.3 Å². The predicted molar refractivity (Wildman–Crippen MR) is 97.1 cm³/mol. The molecule has 1 heterocycles. The highest BCUT2D eigenvalue weighted by atomic mass is 16.6. The van der Waals surface area contributed by atoms with Gasteiger partial charge in [0.2, 0.25) is 5.91 Å². The van der Waals surface area contributed by atoms with Gasteiger partial charge in [-0.3, -0.25) is 19.8 Å². The van der Waals surface area contributed by atoms with E-state index in [2.05, 4.69) is 4.90 Å². The number of ether oxygens (including phenoxy) is 1. The van der Waals surface area contributed by atoms with Gasteiger partial charge in [-0.15, -0.1) is 0 Å². The van der Waals surface area contributed by atoms with Crippen molar-refractivity contribution in [3.05, 3.63) is 34.4 Å². The van der Waals surface area contributed by atoms with E-state index in [1.54, 1.807) is 12.1 Å². The predicted octanol–water partition coefficient (Wildman–Crippen LogP) is 1.52. The molecule has 1 aromatic carbocycles. The van der Waals surface area contributed by atoms with E-state index in [4.69, 9.17) is 4.74 Å². The zero-order valence-electron chi connectivity index (χ0n) is 15.6. The standard InChI is InChI=1S/C18H27N3O5/c1-18(2,3)17(23)20-9-7-19(8-10-20)12-15(22)13-26-16-6-4-5-14(11-16)21(24)25/h4-6,11,15,22H,7-10,12-13H2,1-3H3. The van der Waals surface area contributed by atoms with Gasteiger partial charge in [-0.25, -0.2) is 0 Å². The monoisotopic (exact) mass is 365 g/mol. The SMILES string of the molecule is CC(C)(C)C(=O)N1CCN(CC(O)COc2cccc([N+](=O)[O-])c2)CC1. The number of nitrogens with zero attached hydrogens (tertiary/aromatic N) is 3. The van der Waals surface area contributed by atoms with Crippen LogP contribution >= 0.6 is 0 Å². The van der Waals surface area contributed by atoms with E-state index >= 15 is 0 Å². The van der Waals surface area contributed by atoms with E-state index < -0.39 is 11.0 Å². The zero-order valence-corrected chi connectivity index (χ0v) is 15.6. The Bertz CT molecular complexity index is 636. The van der Waals surface area contributed by atoms with Crippen molar-refractivity contribution in [2.45, 2.75) is 26.9 Å². The molecule has 0 aliphatic carbocycles. The van der Waals surface area contributed by atoms with Gasteiger partial charge in [0.15, 0.2) is 0 Å². The highest BCUT2D eigenvalue weighted by molar-refractivity contribution is 5.81. The number of amides is 1. The first-order valence-electron chi connectivity index (χ1n) is 8.74. The Kier molecular flexibility index (Phi) is 6.55. The van der Waals surface area contributed by atoms with Crippen molar-refractivity contribution in [1.29, 1.82) is 0 Å². The van der Waals surface area contributed by atoms with Crippen LogP contribution in [-0.2, 0) is 4.79 Å². The Morgan fingerprint density at radius 3 is 2.54 bits per heavy atom. The third-order valence-corrected chi connectivity index (χ3v) is 4.24. The third-order valence-electron chi connectivity index (χ3n) is 4.24. The van der Waals surface area contributed by atoms with Gasteiger partial charge in [0.25, 0.3) is 5.69 Å². The number of aliphatic hydroxyl groups is 1. The maximum atomic E-state index is 12.3. The van der Waals surface area contributed by atoms with Crippen LogP contribution < -0.4 is 4.74 Å². The smallest absolute Gasteiger partial charge is 0.273 e. The molecule has 0 bridgehead atoms. The zero-order chi connectivity index (χ0) is 19.3. The highest BCUT2D eigenvalue weighted by Gasteiger charge is 2.30. The van der Waals surface area contributed by atoms with Crippen molar-refractivity contribution in [3.8, 4) is 5.75 Å². The molecule has 1 amide bonds. The van der Waals surface area contributed by atoms with Gasteiger partial charge >= 0.3 is 0 Å². The van der Waals surface area contributed by atoms with E-state index in [-0.39, 0.29) is 23.6 Å². The van der Waals surface area contributed by atoms with Crippen LogP contribution in [0, 0.1) is 15.5 Å². The summed E-state index contributed by atoms with van der Waals surface area (Å²) in [4.78, 5) is 26.5. The van der Waals surface area contributed by atoms with Gasteiger partial charge in [-0.05, 0) is 6.07 Å². The summed E-state index contributed by atoms with van der Waals surface area (Å²) in [6, 6.07) is 5.90. The maximum absolute atomic E-state index is 12.3. The number of carbonyl (C=O) groups excluding carboxylic acids is 1. The molecule has 1 fully saturated rings. The molecule has 1 aromatic rings. The molecule has 8 nitrogen and oxygen atoms in total. The summed E-state index contributed by atoms with van der Waals surface area (Å²) in [5.74, 6) is 0.505. The summed E-state index contributed by atoms with van der Waals surface area (Å²) < 4.78 is 5.46. The Morgan fingerprint density at radius 1 is 1.31 bits per heavy atom. The van der Waals surface area contributed by atoms with Crippen molar-refractivity contribution in [1.82, 2.24) is 9.80 Å². The Hall–Kier alpha value is -2.19. The fourth-order valence-corrected chi connectivity index (χ4v) is 2.84. The molecule has 144 valence electrons. The Morgan fingerprint density at radius 2 is 1.96 bits per heavy atom. The Balaban J connectivity index is 1.76. The molecule has 8 heteroatoms. The number of β-amino-alcohol motifs (C(OH)–C–C–N with tert-alkyl or cyclic N) is 1. The number of non-ortho nitro benzene ring substituents is 1. The lowest BCUT2D eigenvalue weighted by molar-refractivity contribution is -0.384. The van der Waals surface area contributed by atoms with Crippen molar-refractivity contribution >= 4 is 11.6 Å². The van der Waals surface area contributed by atoms with Crippen molar-refractivity contribution in [2.24, 2.45) is 5.41 Å². The number of aliphatic hydroxyl groups excluding tert-OH is 1. The van der Waals surface area contributed by atoms with Crippen LogP contribution in [0.1, 0.15) is 20.8 Å². The van der Waals surface area contributed by atoms with Gasteiger partial charge in [-0.1, -0.05) is 26.8 Å². The van der Waals surface area contributed by atoms with E-state index in [1.165, 1.54) is 12.1 Å². The lowest BCUT2D eigenvalue weighted by atomic mass is 9.94. The number of benzene rings is 1. The first-order chi connectivity index (χ1) is 12.2. The van der Waals surface area contributed by atoms with Crippen LogP contribution in [0.25, 0.3) is 0 Å². The quantitative estimate of drug-likeness (QED) is 0.607. The van der Waals surface area contributed by atoms with Crippen molar-refractivity contribution in [2.75, 3.05) is 39.3 Å². The average molecular weight is 365 g/mol. The summed E-state index contributed by atoms with van der Waals surface area (Å²) in [7, 11) is 0. The lowest BCUT2D eigenvalue weighted by Crippen LogP contribution is -2.53. The molecule has 0 radical (unpaired) electrons. The second-order valence-electron chi connectivity index (χ2n) is 7.56. The second kappa shape index (κ2) is 8.46. The molecular formula is C18H27N3O5. The molecule has 1 aliphatic heterocycles. The Labute approximate surface area is 153 Å². The van der Waals surface area contributed by atoms with E-state index in [1.807, 2.05) is 25.7 Å². The van der Waals surface area contributed by atoms with Crippen molar-refractivity contribution in [3.63, 3.8) is 0 Å². The van der Waals surface area contributed by atoms with E-state index in [0.29, 0.717) is 38.5 Å². The maximum Gasteiger partial charge on any atom is 0.273 e. The van der Waals surface area contributed by atoms with E-state index in [0.717, 1.165) is 0 Å². The van der Waals surface area contributed by atoms with Gasteiger partial charge in [0, 0.05) is 44.2 Å². The molecule has 0 saturated carbocycles. The molecule has 0 aromatic heterocycles. The van der Waals surface area contributed by atoms with Gasteiger partial charge in [0.05, 0.1) is 11.0 Å². The van der Waals surface area contributed by atoms with Crippen LogP contribution in [0.3, 0.4) is 0 Å². The minimum atomic E-state index is -0.709. The second-order valence-corrected chi connectivity index (χ2v) is 7.56. The van der Waals surface area contributed by atoms with Crippen LogP contribution in [0.2, 0.25) is 0 Å². The summed E-state index contributed by atoms with van der Waals surface area (Å²) >= 11 is 0. The van der Waals surface area contributed by atoms with Crippen LogP contribution in [0.5, 0.6) is 5.75 Å². The first-order valence-corrected chi connectivity index (χ1v) is 8.74. The molecule has 1 atom stereocenters. The molecule has 1 saturated heterocycles. The number of hydrogen-bond donors (Lipinski definition) is 1. The van der Waals surface area contributed by atoms with Gasteiger partial charge in [0.1, 0.15) is 18.5 Å².